The highest BCUT2D eigenvalue weighted by atomic mass is 127. The first-order valence-electron chi connectivity index (χ1n) is 3.92. The predicted octanol–water partition coefficient (Wildman–Crippen LogP) is 3.33. The summed E-state index contributed by atoms with van der Waals surface area (Å²) < 4.78 is 45.2. The van der Waals surface area contributed by atoms with Gasteiger partial charge in [0.05, 0.1) is 18.6 Å². The van der Waals surface area contributed by atoms with Gasteiger partial charge in [-0.25, -0.2) is 4.98 Å². The van der Waals surface area contributed by atoms with Crippen LogP contribution in [0.1, 0.15) is 5.56 Å². The van der Waals surface area contributed by atoms with Gasteiger partial charge in [-0.2, -0.15) is 0 Å². The molecular weight excluding hydrogens is 361 g/mol. The van der Waals surface area contributed by atoms with E-state index in [-0.39, 0.29) is 17.2 Å². The lowest BCUT2D eigenvalue weighted by Gasteiger charge is -2.13. The average Bonchev–Trinajstić information content (AvgIpc) is 2.14. The number of rotatable bonds is 3. The molecular formula is C8H6ClF3INO2. The molecule has 0 atom stereocenters. The van der Waals surface area contributed by atoms with E-state index in [1.165, 1.54) is 13.2 Å². The second kappa shape index (κ2) is 5.26. The average molecular weight is 367 g/mol. The molecule has 0 aromatic carbocycles. The molecule has 0 unspecified atom stereocenters. The van der Waals surface area contributed by atoms with Gasteiger partial charge in [-0.1, -0.05) is 0 Å². The van der Waals surface area contributed by atoms with Crippen molar-refractivity contribution < 1.29 is 22.6 Å². The number of aromatic nitrogens is 1. The monoisotopic (exact) mass is 367 g/mol. The number of halogens is 5. The minimum Gasteiger partial charge on any atom is -0.496 e. The molecule has 0 aliphatic heterocycles. The molecule has 0 N–H and O–H groups in total. The summed E-state index contributed by atoms with van der Waals surface area (Å²) >= 11 is 7.28. The first-order chi connectivity index (χ1) is 7.37. The Labute approximate surface area is 108 Å². The Bertz CT molecular complexity index is 386. The fourth-order valence-corrected chi connectivity index (χ4v) is 1.74. The van der Waals surface area contributed by atoms with Crippen LogP contribution in [0.25, 0.3) is 0 Å². The van der Waals surface area contributed by atoms with E-state index < -0.39 is 12.2 Å². The molecule has 1 aromatic heterocycles. The molecule has 0 aliphatic carbocycles. The first-order valence-corrected chi connectivity index (χ1v) is 5.54. The van der Waals surface area contributed by atoms with E-state index in [4.69, 9.17) is 16.3 Å². The van der Waals surface area contributed by atoms with Crippen LogP contribution < -0.4 is 9.47 Å². The second-order valence-corrected chi connectivity index (χ2v) is 3.98. The Morgan fingerprint density at radius 1 is 1.50 bits per heavy atom. The molecule has 0 saturated heterocycles. The van der Waals surface area contributed by atoms with Crippen LogP contribution in [0.2, 0.25) is 0 Å². The molecule has 0 fully saturated rings. The van der Waals surface area contributed by atoms with Gasteiger partial charge in [0, 0.05) is 6.07 Å². The van der Waals surface area contributed by atoms with Gasteiger partial charge >= 0.3 is 6.36 Å². The van der Waals surface area contributed by atoms with Crippen LogP contribution in [0.5, 0.6) is 11.6 Å². The molecule has 8 heteroatoms. The molecule has 0 amide bonds. The number of pyridine rings is 1. The number of alkyl halides is 4. The van der Waals surface area contributed by atoms with Crippen LogP contribution in [0.3, 0.4) is 0 Å². The van der Waals surface area contributed by atoms with Crippen molar-refractivity contribution in [3.05, 3.63) is 15.3 Å². The lowest BCUT2D eigenvalue weighted by atomic mass is 10.3. The lowest BCUT2D eigenvalue weighted by molar-refractivity contribution is -0.276. The third-order valence-electron chi connectivity index (χ3n) is 1.58. The zero-order chi connectivity index (χ0) is 12.3. The van der Waals surface area contributed by atoms with Crippen LogP contribution >= 0.6 is 34.2 Å². The fourth-order valence-electron chi connectivity index (χ4n) is 0.997. The standard InChI is InChI=1S/C8H6ClF3INO2/c1-15-5-2-6(13)14-7(4(5)3-9)16-8(10,11)12/h2H,3H2,1H3. The van der Waals surface area contributed by atoms with Crippen LogP contribution in [-0.4, -0.2) is 18.5 Å². The summed E-state index contributed by atoms with van der Waals surface area (Å²) in [4.78, 5) is 3.62. The fraction of sp³-hybridized carbons (Fsp3) is 0.375. The first kappa shape index (κ1) is 13.6. The summed E-state index contributed by atoms with van der Waals surface area (Å²) in [6.45, 7) is 0. The highest BCUT2D eigenvalue weighted by Gasteiger charge is 2.33. The molecule has 0 saturated carbocycles. The third kappa shape index (κ3) is 3.55. The van der Waals surface area contributed by atoms with Crippen molar-refractivity contribution >= 4 is 34.2 Å². The third-order valence-corrected chi connectivity index (χ3v) is 2.40. The molecule has 1 rings (SSSR count). The van der Waals surface area contributed by atoms with Crippen LogP contribution in [0, 0.1) is 3.70 Å². The van der Waals surface area contributed by atoms with Gasteiger partial charge in [-0.15, -0.1) is 24.8 Å². The van der Waals surface area contributed by atoms with E-state index >= 15 is 0 Å². The second-order valence-electron chi connectivity index (χ2n) is 2.61. The predicted molar refractivity (Wildman–Crippen MR) is 59.7 cm³/mol. The summed E-state index contributed by atoms with van der Waals surface area (Å²) in [5.74, 6) is -0.543. The van der Waals surface area contributed by atoms with Gasteiger partial charge in [0.15, 0.2) is 0 Å². The maximum absolute atomic E-state index is 12.1. The normalized spacial score (nSPS) is 11.4. The molecule has 0 radical (unpaired) electrons. The molecule has 1 aromatic rings. The Balaban J connectivity index is 3.20. The maximum Gasteiger partial charge on any atom is 0.574 e. The SMILES string of the molecule is COc1cc(I)nc(OC(F)(F)F)c1CCl. The summed E-state index contributed by atoms with van der Waals surface area (Å²) in [5, 5.41) is 0. The van der Waals surface area contributed by atoms with E-state index in [1.54, 1.807) is 22.6 Å². The zero-order valence-electron chi connectivity index (χ0n) is 7.94. The molecule has 90 valence electrons. The maximum atomic E-state index is 12.1. The Morgan fingerprint density at radius 3 is 2.56 bits per heavy atom. The Morgan fingerprint density at radius 2 is 2.12 bits per heavy atom. The van der Waals surface area contributed by atoms with Gasteiger partial charge < -0.3 is 9.47 Å². The van der Waals surface area contributed by atoms with E-state index in [9.17, 15) is 13.2 Å². The van der Waals surface area contributed by atoms with Crippen molar-refractivity contribution in [3.63, 3.8) is 0 Å². The van der Waals surface area contributed by atoms with Crippen LogP contribution in [0.4, 0.5) is 13.2 Å². The highest BCUT2D eigenvalue weighted by molar-refractivity contribution is 14.1. The van der Waals surface area contributed by atoms with Crippen molar-refractivity contribution in [1.82, 2.24) is 4.98 Å². The molecule has 0 bridgehead atoms. The minimum absolute atomic E-state index is 0.0712. The van der Waals surface area contributed by atoms with E-state index in [2.05, 4.69) is 9.72 Å². The van der Waals surface area contributed by atoms with Gasteiger partial charge in [-0.3, -0.25) is 0 Å². The summed E-state index contributed by atoms with van der Waals surface area (Å²) in [6, 6.07) is 1.47. The summed E-state index contributed by atoms with van der Waals surface area (Å²) in [5.41, 5.74) is 0.0712. The summed E-state index contributed by atoms with van der Waals surface area (Å²) in [6.07, 6.45) is -4.80. The Hall–Kier alpha value is -0.440. The molecule has 0 spiro atoms. The van der Waals surface area contributed by atoms with E-state index in [0.29, 0.717) is 3.70 Å². The molecule has 3 nitrogen and oxygen atoms in total. The van der Waals surface area contributed by atoms with Gasteiger partial charge in [0.2, 0.25) is 5.88 Å². The van der Waals surface area contributed by atoms with E-state index in [1.807, 2.05) is 0 Å². The molecule has 1 heterocycles. The van der Waals surface area contributed by atoms with Crippen molar-refractivity contribution in [1.29, 1.82) is 0 Å². The Kier molecular flexibility index (Phi) is 4.48. The van der Waals surface area contributed by atoms with Crippen molar-refractivity contribution in [2.45, 2.75) is 12.2 Å². The summed E-state index contributed by atoms with van der Waals surface area (Å²) in [7, 11) is 1.33. The van der Waals surface area contributed by atoms with Crippen molar-refractivity contribution in [3.8, 4) is 11.6 Å². The number of ether oxygens (including phenoxy) is 2. The smallest absolute Gasteiger partial charge is 0.496 e. The topological polar surface area (TPSA) is 31.4 Å². The highest BCUT2D eigenvalue weighted by Crippen LogP contribution is 2.33. The van der Waals surface area contributed by atoms with Crippen molar-refractivity contribution in [2.24, 2.45) is 0 Å². The number of methoxy groups -OCH3 is 1. The number of hydrogen-bond acceptors (Lipinski definition) is 3. The largest absolute Gasteiger partial charge is 0.574 e. The zero-order valence-corrected chi connectivity index (χ0v) is 10.9. The van der Waals surface area contributed by atoms with Gasteiger partial charge in [-0.05, 0) is 22.6 Å². The van der Waals surface area contributed by atoms with Crippen LogP contribution in [0.15, 0.2) is 6.07 Å². The van der Waals surface area contributed by atoms with E-state index in [0.717, 1.165) is 0 Å². The number of hydrogen-bond donors (Lipinski definition) is 0. The van der Waals surface area contributed by atoms with Crippen molar-refractivity contribution in [2.75, 3.05) is 7.11 Å². The quantitative estimate of drug-likeness (QED) is 0.467. The molecule has 0 aliphatic rings. The molecule has 16 heavy (non-hydrogen) atoms. The van der Waals surface area contributed by atoms with Gasteiger partial charge in [0.25, 0.3) is 0 Å². The minimum atomic E-state index is -4.80. The van der Waals surface area contributed by atoms with Crippen LogP contribution in [-0.2, 0) is 5.88 Å². The number of nitrogens with zero attached hydrogens (tertiary/aromatic N) is 1. The lowest BCUT2D eigenvalue weighted by Crippen LogP contribution is -2.19. The van der Waals surface area contributed by atoms with Gasteiger partial charge in [0.1, 0.15) is 9.45 Å².